The molecule has 0 fully saturated rings. The van der Waals surface area contributed by atoms with Crippen LogP contribution in [-0.4, -0.2) is 77.2 Å². The van der Waals surface area contributed by atoms with Gasteiger partial charge in [0.1, 0.15) is 12.1 Å². The van der Waals surface area contributed by atoms with E-state index in [-0.39, 0.29) is 12.4 Å². The summed E-state index contributed by atoms with van der Waals surface area (Å²) in [6.45, 7) is -0.365. The summed E-state index contributed by atoms with van der Waals surface area (Å²) in [5, 5.41) is 32.2. The Morgan fingerprint density at radius 1 is 1.15 bits per heavy atom. The predicted octanol–water partition coefficient (Wildman–Crippen LogP) is -2.62. The maximum absolute atomic E-state index is 12.2. The lowest BCUT2D eigenvalue weighted by molar-refractivity contribution is -0.143. The lowest BCUT2D eigenvalue weighted by Crippen LogP contribution is -2.55. The van der Waals surface area contributed by atoms with Crippen molar-refractivity contribution in [1.82, 2.24) is 16.0 Å². The number of aliphatic hydroxyl groups is 1. The van der Waals surface area contributed by atoms with Crippen molar-refractivity contribution in [2.24, 2.45) is 11.5 Å². The molecule has 0 aromatic carbocycles. The van der Waals surface area contributed by atoms with Gasteiger partial charge in [0.05, 0.1) is 12.6 Å². The summed E-state index contributed by atoms with van der Waals surface area (Å²) in [5.41, 5.74) is 10.9. The van der Waals surface area contributed by atoms with Crippen LogP contribution in [0.1, 0.15) is 19.3 Å². The summed E-state index contributed by atoms with van der Waals surface area (Å²) in [5.74, 6) is -2.21. The van der Waals surface area contributed by atoms with Crippen LogP contribution in [0, 0.1) is 5.41 Å². The zero-order chi connectivity index (χ0) is 20.1. The van der Waals surface area contributed by atoms with Crippen LogP contribution >= 0.6 is 11.8 Å². The van der Waals surface area contributed by atoms with Gasteiger partial charge >= 0.3 is 5.97 Å². The number of carbonyl (C=O) groups is 3. The van der Waals surface area contributed by atoms with Gasteiger partial charge in [-0.1, -0.05) is 0 Å². The molecular formula is C14H28N6O5S. The van der Waals surface area contributed by atoms with Crippen molar-refractivity contribution < 1.29 is 24.6 Å². The molecule has 0 rings (SSSR count). The zero-order valence-electron chi connectivity index (χ0n) is 14.7. The standard InChI is InChI=1S/C14H28N6O5S/c1-26-6-4-9(12(23)20-10(7-21)13(24)25)19-11(22)8(15)3-2-5-18-14(16)17/h8-10,21H,2-7,15H2,1H3,(H,19,22)(H,20,23)(H,24,25)(H4,16,17,18)/t8-,9-,10-/m0/s1. The fourth-order valence-corrected chi connectivity index (χ4v) is 2.39. The van der Waals surface area contributed by atoms with Crippen molar-refractivity contribution in [3.8, 4) is 0 Å². The molecule has 0 aliphatic heterocycles. The average molecular weight is 392 g/mol. The molecule has 3 atom stereocenters. The maximum atomic E-state index is 12.2. The van der Waals surface area contributed by atoms with Gasteiger partial charge in [-0.25, -0.2) is 4.79 Å². The highest BCUT2D eigenvalue weighted by Crippen LogP contribution is 2.03. The third kappa shape index (κ3) is 10.1. The number of hydrogen-bond donors (Lipinski definition) is 8. The number of aliphatic carboxylic acids is 1. The molecule has 0 aromatic rings. The normalized spacial score (nSPS) is 14.0. The predicted molar refractivity (Wildman–Crippen MR) is 98.7 cm³/mol. The quantitative estimate of drug-likeness (QED) is 0.0936. The highest BCUT2D eigenvalue weighted by molar-refractivity contribution is 7.98. The van der Waals surface area contributed by atoms with E-state index >= 15 is 0 Å². The van der Waals surface area contributed by atoms with E-state index in [2.05, 4.69) is 16.0 Å². The van der Waals surface area contributed by atoms with E-state index in [1.54, 1.807) is 0 Å². The molecule has 0 heterocycles. The van der Waals surface area contributed by atoms with Gasteiger partial charge in [0.15, 0.2) is 5.96 Å². The van der Waals surface area contributed by atoms with Gasteiger partial charge in [-0.2, -0.15) is 11.8 Å². The largest absolute Gasteiger partial charge is 0.480 e. The first kappa shape index (κ1) is 23.9. The number of thioether (sulfide) groups is 1. The third-order valence-electron chi connectivity index (χ3n) is 3.38. The number of rotatable bonds is 13. The van der Waals surface area contributed by atoms with Crippen molar-refractivity contribution in [3.63, 3.8) is 0 Å². The Kier molecular flexibility index (Phi) is 12.2. The fourth-order valence-electron chi connectivity index (χ4n) is 1.92. The van der Waals surface area contributed by atoms with E-state index in [1.165, 1.54) is 11.8 Å². The number of carbonyl (C=O) groups excluding carboxylic acids is 2. The van der Waals surface area contributed by atoms with Gasteiger partial charge in [0.2, 0.25) is 11.8 Å². The second kappa shape index (κ2) is 13.2. The Balaban J connectivity index is 4.66. The Morgan fingerprint density at radius 3 is 2.27 bits per heavy atom. The fraction of sp³-hybridized carbons (Fsp3) is 0.714. The molecule has 0 spiro atoms. The van der Waals surface area contributed by atoms with Crippen molar-refractivity contribution in [1.29, 1.82) is 5.41 Å². The minimum Gasteiger partial charge on any atom is -0.480 e. The highest BCUT2D eigenvalue weighted by atomic mass is 32.2. The molecule has 0 saturated carbocycles. The molecule has 150 valence electrons. The van der Waals surface area contributed by atoms with Crippen LogP contribution in [0.2, 0.25) is 0 Å². The first-order valence-electron chi connectivity index (χ1n) is 7.99. The van der Waals surface area contributed by atoms with Crippen LogP contribution in [0.25, 0.3) is 0 Å². The smallest absolute Gasteiger partial charge is 0.328 e. The van der Waals surface area contributed by atoms with Crippen LogP contribution in [0.4, 0.5) is 0 Å². The summed E-state index contributed by atoms with van der Waals surface area (Å²) < 4.78 is 0. The van der Waals surface area contributed by atoms with Crippen molar-refractivity contribution in [2.45, 2.75) is 37.4 Å². The first-order valence-corrected chi connectivity index (χ1v) is 9.39. The molecule has 2 amide bonds. The molecule has 12 heteroatoms. The van der Waals surface area contributed by atoms with E-state index in [4.69, 9.17) is 27.1 Å². The van der Waals surface area contributed by atoms with E-state index in [0.717, 1.165) is 0 Å². The Labute approximate surface area is 156 Å². The second-order valence-corrected chi connectivity index (χ2v) is 6.50. The molecule has 11 nitrogen and oxygen atoms in total. The number of nitrogens with two attached hydrogens (primary N) is 2. The van der Waals surface area contributed by atoms with E-state index < -0.39 is 42.5 Å². The summed E-state index contributed by atoms with van der Waals surface area (Å²) >= 11 is 1.46. The van der Waals surface area contributed by atoms with Gasteiger partial charge in [-0.05, 0) is 31.3 Å². The van der Waals surface area contributed by atoms with Crippen LogP contribution < -0.4 is 27.4 Å². The van der Waals surface area contributed by atoms with Crippen LogP contribution in [0.3, 0.4) is 0 Å². The number of carboxylic acids is 1. The first-order chi connectivity index (χ1) is 12.2. The molecule has 10 N–H and O–H groups in total. The summed E-state index contributed by atoms with van der Waals surface area (Å²) in [7, 11) is 0. The van der Waals surface area contributed by atoms with E-state index in [9.17, 15) is 14.4 Å². The molecule has 0 aliphatic rings. The number of nitrogens with one attached hydrogen (secondary N) is 4. The summed E-state index contributed by atoms with van der Waals surface area (Å²) in [6, 6.07) is -3.26. The minimum absolute atomic E-state index is 0.173. The van der Waals surface area contributed by atoms with Crippen LogP contribution in [-0.2, 0) is 14.4 Å². The van der Waals surface area contributed by atoms with Crippen molar-refractivity contribution in [3.05, 3.63) is 0 Å². The van der Waals surface area contributed by atoms with Gasteiger partial charge in [-0.15, -0.1) is 0 Å². The molecule has 0 aliphatic carbocycles. The number of hydrogen-bond acceptors (Lipinski definition) is 7. The molecule has 0 unspecified atom stereocenters. The Bertz CT molecular complexity index is 492. The molecule has 0 bridgehead atoms. The summed E-state index contributed by atoms with van der Waals surface area (Å²) in [6.07, 6.45) is 2.94. The van der Waals surface area contributed by atoms with E-state index in [0.29, 0.717) is 25.1 Å². The molecule has 0 radical (unpaired) electrons. The number of guanidine groups is 1. The molecular weight excluding hydrogens is 364 g/mol. The SMILES string of the molecule is CSCC[C@H](NC(=O)[C@@H](N)CCCNC(=N)N)C(=O)N[C@@H](CO)C(=O)O. The number of amides is 2. The van der Waals surface area contributed by atoms with Gasteiger partial charge in [0.25, 0.3) is 0 Å². The minimum atomic E-state index is -1.44. The number of aliphatic hydroxyl groups excluding tert-OH is 1. The topological polar surface area (TPSA) is 204 Å². The molecule has 0 saturated heterocycles. The zero-order valence-corrected chi connectivity index (χ0v) is 15.5. The van der Waals surface area contributed by atoms with Gasteiger partial charge in [-0.3, -0.25) is 15.0 Å². The third-order valence-corrected chi connectivity index (χ3v) is 4.03. The lowest BCUT2D eigenvalue weighted by Gasteiger charge is -2.22. The van der Waals surface area contributed by atoms with Crippen LogP contribution in [0.15, 0.2) is 0 Å². The van der Waals surface area contributed by atoms with Gasteiger partial charge < -0.3 is 37.6 Å². The van der Waals surface area contributed by atoms with Crippen molar-refractivity contribution >= 4 is 35.5 Å². The Hall–Kier alpha value is -2.05. The molecule has 26 heavy (non-hydrogen) atoms. The monoisotopic (exact) mass is 392 g/mol. The summed E-state index contributed by atoms with van der Waals surface area (Å²) in [4.78, 5) is 35.3. The number of carboxylic acid groups (broad SMARTS) is 1. The average Bonchev–Trinajstić information content (AvgIpc) is 2.58. The van der Waals surface area contributed by atoms with Crippen molar-refractivity contribution in [2.75, 3.05) is 25.2 Å². The Morgan fingerprint density at radius 2 is 1.77 bits per heavy atom. The maximum Gasteiger partial charge on any atom is 0.328 e. The second-order valence-electron chi connectivity index (χ2n) is 5.51. The van der Waals surface area contributed by atoms with E-state index in [1.807, 2.05) is 6.26 Å². The van der Waals surface area contributed by atoms with Crippen LogP contribution in [0.5, 0.6) is 0 Å². The molecule has 0 aromatic heterocycles. The van der Waals surface area contributed by atoms with Gasteiger partial charge in [0, 0.05) is 6.54 Å². The highest BCUT2D eigenvalue weighted by Gasteiger charge is 2.27. The lowest BCUT2D eigenvalue weighted by atomic mass is 10.1.